The van der Waals surface area contributed by atoms with E-state index >= 15 is 0 Å². The van der Waals surface area contributed by atoms with Gasteiger partial charge in [0.05, 0.1) is 17.9 Å². The zero-order valence-electron chi connectivity index (χ0n) is 15.4. The number of amides is 2. The number of urea groups is 1. The van der Waals surface area contributed by atoms with E-state index in [1.807, 2.05) is 17.9 Å². The molecule has 1 aromatic heterocycles. The number of halogens is 2. The third-order valence-electron chi connectivity index (χ3n) is 5.72. The second-order valence-electron chi connectivity index (χ2n) is 7.97. The van der Waals surface area contributed by atoms with Crippen LogP contribution in [0.3, 0.4) is 0 Å². The molecular weight excluding hydrogens is 383 g/mol. The topological polar surface area (TPSA) is 48.9 Å². The van der Waals surface area contributed by atoms with Crippen LogP contribution in [0.2, 0.25) is 5.02 Å². The van der Waals surface area contributed by atoms with Crippen LogP contribution in [0.5, 0.6) is 5.75 Å². The molecule has 3 aliphatic rings. The molecule has 2 amide bonds. The van der Waals surface area contributed by atoms with Crippen LogP contribution in [0.15, 0.2) is 36.5 Å². The van der Waals surface area contributed by atoms with Gasteiger partial charge in [-0.15, -0.1) is 0 Å². The molecule has 6 nitrogen and oxygen atoms in total. The highest BCUT2D eigenvalue weighted by Crippen LogP contribution is 2.43. The van der Waals surface area contributed by atoms with Crippen molar-refractivity contribution < 1.29 is 13.9 Å². The Morgan fingerprint density at radius 1 is 1.25 bits per heavy atom. The molecule has 5 rings (SSSR count). The van der Waals surface area contributed by atoms with Gasteiger partial charge < -0.3 is 14.5 Å². The quantitative estimate of drug-likeness (QED) is 0.733. The molecule has 4 heterocycles. The zero-order valence-corrected chi connectivity index (χ0v) is 16.2. The fourth-order valence-corrected chi connectivity index (χ4v) is 4.51. The first-order valence-corrected chi connectivity index (χ1v) is 9.69. The first-order chi connectivity index (χ1) is 13.4. The summed E-state index contributed by atoms with van der Waals surface area (Å²) in [6.45, 7) is 5.53. The Bertz CT molecular complexity index is 924. The number of rotatable bonds is 1. The van der Waals surface area contributed by atoms with E-state index in [1.54, 1.807) is 23.1 Å². The number of anilines is 2. The van der Waals surface area contributed by atoms with Crippen LogP contribution in [-0.4, -0.2) is 54.7 Å². The molecule has 0 aliphatic carbocycles. The van der Waals surface area contributed by atoms with Gasteiger partial charge >= 0.3 is 6.03 Å². The molecular formula is C20H20ClFN4O2. The van der Waals surface area contributed by atoms with Gasteiger partial charge in [0.2, 0.25) is 0 Å². The molecule has 2 aromatic rings. The van der Waals surface area contributed by atoms with E-state index in [0.717, 1.165) is 37.7 Å². The lowest BCUT2D eigenvalue weighted by atomic mass is 9.73. The third kappa shape index (κ3) is 2.76. The molecule has 1 aromatic carbocycles. The summed E-state index contributed by atoms with van der Waals surface area (Å²) in [7, 11) is 0. The number of aromatic nitrogens is 1. The molecule has 2 saturated heterocycles. The summed E-state index contributed by atoms with van der Waals surface area (Å²) in [4.78, 5) is 23.1. The lowest BCUT2D eigenvalue weighted by Crippen LogP contribution is -2.74. The zero-order chi connectivity index (χ0) is 19.5. The van der Waals surface area contributed by atoms with E-state index < -0.39 is 0 Å². The van der Waals surface area contributed by atoms with Crippen molar-refractivity contribution in [2.45, 2.75) is 13.0 Å². The standard InChI is InChI=1S/C20H20ClFN4O2/c1-13-8-28-17-6-14(21)2-4-16(17)26(13)19(27)25-11-20(12-25)9-24(10-20)18-5-3-15(22)7-23-18/h2-7,13H,8-12H2,1H3. The first-order valence-electron chi connectivity index (χ1n) is 9.31. The second kappa shape index (κ2) is 6.24. The number of hydrogen-bond acceptors (Lipinski definition) is 4. The van der Waals surface area contributed by atoms with Crippen molar-refractivity contribution in [3.63, 3.8) is 0 Å². The summed E-state index contributed by atoms with van der Waals surface area (Å²) < 4.78 is 18.8. The molecule has 8 heteroatoms. The summed E-state index contributed by atoms with van der Waals surface area (Å²) in [6, 6.07) is 8.45. The van der Waals surface area contributed by atoms with Gasteiger partial charge in [0.25, 0.3) is 0 Å². The van der Waals surface area contributed by atoms with Crippen LogP contribution in [0.25, 0.3) is 0 Å². The maximum absolute atomic E-state index is 13.2. The van der Waals surface area contributed by atoms with Gasteiger partial charge in [0.15, 0.2) is 0 Å². The predicted octanol–water partition coefficient (Wildman–Crippen LogP) is 3.40. The van der Waals surface area contributed by atoms with Crippen molar-refractivity contribution in [1.29, 1.82) is 0 Å². The molecule has 146 valence electrons. The summed E-state index contributed by atoms with van der Waals surface area (Å²) in [6.07, 6.45) is 1.24. The number of carbonyl (C=O) groups excluding carboxylic acids is 1. The van der Waals surface area contributed by atoms with Crippen LogP contribution in [-0.2, 0) is 0 Å². The third-order valence-corrected chi connectivity index (χ3v) is 5.95. The van der Waals surface area contributed by atoms with Crippen molar-refractivity contribution in [1.82, 2.24) is 9.88 Å². The highest BCUT2D eigenvalue weighted by atomic mass is 35.5. The van der Waals surface area contributed by atoms with Gasteiger partial charge in [-0.3, -0.25) is 4.90 Å². The lowest BCUT2D eigenvalue weighted by molar-refractivity contribution is 0.00857. The number of pyridine rings is 1. The van der Waals surface area contributed by atoms with Crippen LogP contribution in [0.4, 0.5) is 20.7 Å². The minimum Gasteiger partial charge on any atom is -0.489 e. The number of benzene rings is 1. The van der Waals surface area contributed by atoms with E-state index in [1.165, 1.54) is 12.3 Å². The fraction of sp³-hybridized carbons (Fsp3) is 0.400. The normalized spacial score (nSPS) is 22.2. The monoisotopic (exact) mass is 402 g/mol. The molecule has 0 bridgehead atoms. The summed E-state index contributed by atoms with van der Waals surface area (Å²) in [5.74, 6) is 1.09. The molecule has 1 spiro atoms. The number of likely N-dealkylation sites (tertiary alicyclic amines) is 1. The predicted molar refractivity (Wildman–Crippen MR) is 105 cm³/mol. The lowest BCUT2D eigenvalue weighted by Gasteiger charge is -2.61. The van der Waals surface area contributed by atoms with Gasteiger partial charge in [0, 0.05) is 42.7 Å². The van der Waals surface area contributed by atoms with Gasteiger partial charge in [-0.2, -0.15) is 0 Å². The van der Waals surface area contributed by atoms with E-state index in [0.29, 0.717) is 17.4 Å². The van der Waals surface area contributed by atoms with Gasteiger partial charge in [0.1, 0.15) is 24.0 Å². The smallest absolute Gasteiger partial charge is 0.325 e. The maximum Gasteiger partial charge on any atom is 0.325 e. The number of ether oxygens (including phenoxy) is 1. The summed E-state index contributed by atoms with van der Waals surface area (Å²) in [5, 5.41) is 0.590. The van der Waals surface area contributed by atoms with Crippen molar-refractivity contribution >= 4 is 29.1 Å². The molecule has 0 radical (unpaired) electrons. The van der Waals surface area contributed by atoms with Crippen molar-refractivity contribution in [2.24, 2.45) is 5.41 Å². The molecule has 1 atom stereocenters. The average molecular weight is 403 g/mol. The number of fused-ring (bicyclic) bond motifs is 1. The Morgan fingerprint density at radius 3 is 2.75 bits per heavy atom. The molecule has 3 aliphatic heterocycles. The molecule has 2 fully saturated rings. The van der Waals surface area contributed by atoms with E-state index in [9.17, 15) is 9.18 Å². The SMILES string of the molecule is CC1COc2cc(Cl)ccc2N1C(=O)N1CC2(C1)CN(c1ccc(F)cn1)C2. The molecule has 1 unspecified atom stereocenters. The van der Waals surface area contributed by atoms with Gasteiger partial charge in [-0.05, 0) is 31.2 Å². The Hall–Kier alpha value is -2.54. The Morgan fingerprint density at radius 2 is 2.04 bits per heavy atom. The van der Waals surface area contributed by atoms with E-state index in [2.05, 4.69) is 9.88 Å². The van der Waals surface area contributed by atoms with Gasteiger partial charge in [-0.25, -0.2) is 14.2 Å². The maximum atomic E-state index is 13.2. The Kier molecular flexibility index (Phi) is 3.91. The molecule has 0 N–H and O–H groups in total. The first kappa shape index (κ1) is 17.6. The van der Waals surface area contributed by atoms with Gasteiger partial charge in [-0.1, -0.05) is 11.6 Å². The Balaban J connectivity index is 1.25. The van der Waals surface area contributed by atoms with Crippen LogP contribution in [0.1, 0.15) is 6.92 Å². The van der Waals surface area contributed by atoms with E-state index in [4.69, 9.17) is 16.3 Å². The summed E-state index contributed by atoms with van der Waals surface area (Å²) >= 11 is 6.05. The van der Waals surface area contributed by atoms with E-state index in [-0.39, 0.29) is 23.3 Å². The fourth-order valence-electron chi connectivity index (χ4n) is 4.35. The summed E-state index contributed by atoms with van der Waals surface area (Å²) in [5.41, 5.74) is 0.879. The van der Waals surface area contributed by atoms with Crippen LogP contribution in [0, 0.1) is 11.2 Å². The number of carbonyl (C=O) groups is 1. The van der Waals surface area contributed by atoms with Crippen LogP contribution < -0.4 is 14.5 Å². The second-order valence-corrected chi connectivity index (χ2v) is 8.41. The highest BCUT2D eigenvalue weighted by molar-refractivity contribution is 6.30. The number of nitrogens with zero attached hydrogens (tertiary/aromatic N) is 4. The van der Waals surface area contributed by atoms with Crippen LogP contribution >= 0.6 is 11.6 Å². The van der Waals surface area contributed by atoms with Crippen molar-refractivity contribution in [3.05, 3.63) is 47.4 Å². The highest BCUT2D eigenvalue weighted by Gasteiger charge is 2.54. The molecule has 28 heavy (non-hydrogen) atoms. The average Bonchev–Trinajstić information content (AvgIpc) is 2.60. The van der Waals surface area contributed by atoms with Crippen molar-refractivity contribution in [2.75, 3.05) is 42.6 Å². The largest absolute Gasteiger partial charge is 0.489 e. The van der Waals surface area contributed by atoms with Crippen molar-refractivity contribution in [3.8, 4) is 5.75 Å². The number of hydrogen-bond donors (Lipinski definition) is 0. The minimum atomic E-state index is -0.333. The minimum absolute atomic E-state index is 0.00311. The molecule has 0 saturated carbocycles. The Labute approximate surface area is 167 Å².